The van der Waals surface area contributed by atoms with E-state index in [1.54, 1.807) is 31.3 Å². The molecule has 0 saturated heterocycles. The van der Waals surface area contributed by atoms with Gasteiger partial charge in [0.25, 0.3) is 11.5 Å². The van der Waals surface area contributed by atoms with E-state index in [0.717, 1.165) is 12.3 Å². The minimum atomic E-state index is -0.847. The molecule has 3 aromatic heterocycles. The number of Topliss-reactive ketones (excluding diaryl/α,β-unsaturated/α-hetero) is 1. The summed E-state index contributed by atoms with van der Waals surface area (Å²) in [6, 6.07) is 15.4. The number of carbonyl (C=O) groups excluding carboxylic acids is 2. The second kappa shape index (κ2) is 13.6. The monoisotopic (exact) mass is 623 g/mol. The topological polar surface area (TPSA) is 139 Å². The zero-order chi connectivity index (χ0) is 32.8. The van der Waals surface area contributed by atoms with Gasteiger partial charge in [-0.05, 0) is 73.2 Å². The van der Waals surface area contributed by atoms with Gasteiger partial charge in [0.05, 0.1) is 12.3 Å². The zero-order valence-electron chi connectivity index (χ0n) is 24.6. The van der Waals surface area contributed by atoms with Crippen molar-refractivity contribution in [1.29, 1.82) is 5.41 Å². The van der Waals surface area contributed by atoms with E-state index in [1.165, 1.54) is 72.4 Å². The summed E-state index contributed by atoms with van der Waals surface area (Å²) in [7, 11) is 0. The maximum absolute atomic E-state index is 15.4. The standard InChI is InChI=1S/C34H27F2N5O5/c1-3-45-29-13-17-41(24-7-4-22(35)5-8-24)34(44)31(29)33(43)40-23-6-9-28(26(36)19-23)46-30(10-14-37)32-25(12-16-39-32)21-11-15-38-27(18-21)20(2)42/h4-19,37,39H,3H2,1-2H3,(H,40,43)/b30-10+,37-14?. The molecular formula is C34H27F2N5O5. The number of H-pyrrole nitrogens is 1. The third-order valence-electron chi connectivity index (χ3n) is 6.76. The number of nitrogens with one attached hydrogen (secondary N) is 3. The Labute approximate surface area is 261 Å². The number of ether oxygens (including phenoxy) is 2. The molecule has 0 atom stereocenters. The number of amides is 1. The molecule has 0 spiro atoms. The second-order valence-corrected chi connectivity index (χ2v) is 9.79. The second-order valence-electron chi connectivity index (χ2n) is 9.79. The minimum absolute atomic E-state index is 0.0246. The molecule has 0 fully saturated rings. The van der Waals surface area contributed by atoms with Crippen molar-refractivity contribution < 1.29 is 27.8 Å². The molecule has 5 rings (SSSR count). The Hall–Kier alpha value is -6.17. The molecule has 0 aliphatic rings. The lowest BCUT2D eigenvalue weighted by molar-refractivity contribution is 0.100. The molecule has 5 aromatic rings. The Morgan fingerprint density at radius 2 is 1.83 bits per heavy atom. The van der Waals surface area contributed by atoms with E-state index >= 15 is 4.39 Å². The lowest BCUT2D eigenvalue weighted by Gasteiger charge is -2.15. The van der Waals surface area contributed by atoms with Gasteiger partial charge in [-0.25, -0.2) is 8.78 Å². The average Bonchev–Trinajstić information content (AvgIpc) is 3.53. The summed E-state index contributed by atoms with van der Waals surface area (Å²) in [6.07, 6.45) is 6.86. The highest BCUT2D eigenvalue weighted by molar-refractivity contribution is 6.06. The quantitative estimate of drug-likeness (QED) is 0.0881. The number of allylic oxidation sites excluding steroid dienone is 1. The predicted molar refractivity (Wildman–Crippen MR) is 169 cm³/mol. The normalized spacial score (nSPS) is 11.2. The lowest BCUT2D eigenvalue weighted by Crippen LogP contribution is -2.29. The molecule has 10 nitrogen and oxygen atoms in total. The first kappa shape index (κ1) is 31.3. The highest BCUT2D eigenvalue weighted by Crippen LogP contribution is 2.32. The van der Waals surface area contributed by atoms with E-state index in [4.69, 9.17) is 14.9 Å². The van der Waals surface area contributed by atoms with Crippen LogP contribution in [0.4, 0.5) is 14.5 Å². The molecule has 232 valence electrons. The van der Waals surface area contributed by atoms with E-state index in [-0.39, 0.29) is 46.6 Å². The van der Waals surface area contributed by atoms with Crippen LogP contribution in [0.3, 0.4) is 0 Å². The highest BCUT2D eigenvalue weighted by atomic mass is 19.1. The fraction of sp³-hybridized carbons (Fsp3) is 0.0882. The van der Waals surface area contributed by atoms with E-state index in [0.29, 0.717) is 22.5 Å². The zero-order valence-corrected chi connectivity index (χ0v) is 24.6. The van der Waals surface area contributed by atoms with Crippen molar-refractivity contribution in [2.75, 3.05) is 11.9 Å². The van der Waals surface area contributed by atoms with Crippen molar-refractivity contribution in [3.05, 3.63) is 130 Å². The number of nitrogens with zero attached hydrogens (tertiary/aromatic N) is 2. The summed E-state index contributed by atoms with van der Waals surface area (Å²) in [5.74, 6) is -2.46. The number of anilines is 1. The van der Waals surface area contributed by atoms with E-state index < -0.39 is 23.1 Å². The molecular weight excluding hydrogens is 596 g/mol. The molecule has 2 aromatic carbocycles. The predicted octanol–water partition coefficient (Wildman–Crippen LogP) is 6.43. The number of ketones is 1. The molecule has 12 heteroatoms. The number of aromatic nitrogens is 3. The van der Waals surface area contributed by atoms with E-state index in [1.807, 2.05) is 0 Å². The summed E-state index contributed by atoms with van der Waals surface area (Å²) >= 11 is 0. The summed E-state index contributed by atoms with van der Waals surface area (Å²) in [6.45, 7) is 3.28. The number of aromatic amines is 1. The van der Waals surface area contributed by atoms with Crippen molar-refractivity contribution in [1.82, 2.24) is 14.5 Å². The Kier molecular flexibility index (Phi) is 9.27. The van der Waals surface area contributed by atoms with Crippen LogP contribution in [0.2, 0.25) is 0 Å². The van der Waals surface area contributed by atoms with Gasteiger partial charge in [0.15, 0.2) is 23.1 Å². The molecule has 3 heterocycles. The van der Waals surface area contributed by atoms with Gasteiger partial charge < -0.3 is 25.2 Å². The Bertz CT molecular complexity index is 2030. The molecule has 0 aliphatic carbocycles. The van der Waals surface area contributed by atoms with Crippen LogP contribution in [0.25, 0.3) is 22.6 Å². The minimum Gasteiger partial charge on any atom is -0.493 e. The number of benzene rings is 2. The van der Waals surface area contributed by atoms with E-state index in [2.05, 4.69) is 15.3 Å². The van der Waals surface area contributed by atoms with Crippen LogP contribution in [-0.4, -0.2) is 39.0 Å². The SMILES string of the molecule is CCOc1ccn(-c2ccc(F)cc2)c(=O)c1C(=O)Nc1ccc(O/C(=C/C=N)c2[nH]ccc2-c2ccnc(C(C)=O)c2)c(F)c1. The maximum atomic E-state index is 15.4. The number of hydrogen-bond donors (Lipinski definition) is 3. The van der Waals surface area contributed by atoms with Crippen LogP contribution in [-0.2, 0) is 0 Å². The fourth-order valence-electron chi connectivity index (χ4n) is 4.63. The van der Waals surface area contributed by atoms with Gasteiger partial charge in [0, 0.05) is 60.8 Å². The van der Waals surface area contributed by atoms with Crippen molar-refractivity contribution in [2.45, 2.75) is 13.8 Å². The number of pyridine rings is 2. The Balaban J connectivity index is 1.41. The number of carbonyl (C=O) groups is 2. The lowest BCUT2D eigenvalue weighted by atomic mass is 10.0. The van der Waals surface area contributed by atoms with Gasteiger partial charge in [0.2, 0.25) is 0 Å². The van der Waals surface area contributed by atoms with Crippen LogP contribution in [0.1, 0.15) is 40.4 Å². The van der Waals surface area contributed by atoms with Gasteiger partial charge in [-0.3, -0.25) is 23.9 Å². The van der Waals surface area contributed by atoms with Crippen molar-refractivity contribution >= 4 is 29.4 Å². The number of halogens is 2. The molecule has 46 heavy (non-hydrogen) atoms. The molecule has 0 unspecified atom stereocenters. The number of rotatable bonds is 11. The van der Waals surface area contributed by atoms with Crippen LogP contribution in [0.15, 0.2) is 96.2 Å². The fourth-order valence-corrected chi connectivity index (χ4v) is 4.63. The van der Waals surface area contributed by atoms with Gasteiger partial charge in [-0.15, -0.1) is 0 Å². The summed E-state index contributed by atoms with van der Waals surface area (Å²) < 4.78 is 41.4. The van der Waals surface area contributed by atoms with E-state index in [9.17, 15) is 18.8 Å². The van der Waals surface area contributed by atoms with Crippen molar-refractivity contribution in [2.24, 2.45) is 0 Å². The number of hydrogen-bond acceptors (Lipinski definition) is 7. The Morgan fingerprint density at radius 1 is 1.04 bits per heavy atom. The average molecular weight is 624 g/mol. The van der Waals surface area contributed by atoms with Gasteiger partial charge in [-0.1, -0.05) is 0 Å². The summed E-state index contributed by atoms with van der Waals surface area (Å²) in [4.78, 5) is 45.7. The van der Waals surface area contributed by atoms with Crippen LogP contribution < -0.4 is 20.3 Å². The molecule has 1 amide bonds. The first-order valence-electron chi connectivity index (χ1n) is 14.0. The largest absolute Gasteiger partial charge is 0.493 e. The van der Waals surface area contributed by atoms with Crippen LogP contribution in [0.5, 0.6) is 11.5 Å². The maximum Gasteiger partial charge on any atom is 0.271 e. The van der Waals surface area contributed by atoms with Crippen LogP contribution >= 0.6 is 0 Å². The molecule has 0 radical (unpaired) electrons. The smallest absolute Gasteiger partial charge is 0.271 e. The Morgan fingerprint density at radius 3 is 2.52 bits per heavy atom. The molecule has 0 saturated carbocycles. The van der Waals surface area contributed by atoms with Gasteiger partial charge >= 0.3 is 0 Å². The molecule has 0 bridgehead atoms. The molecule has 3 N–H and O–H groups in total. The highest BCUT2D eigenvalue weighted by Gasteiger charge is 2.22. The first-order valence-corrected chi connectivity index (χ1v) is 14.0. The molecule has 0 aliphatic heterocycles. The third-order valence-corrected chi connectivity index (χ3v) is 6.76. The summed E-state index contributed by atoms with van der Waals surface area (Å²) in [5, 5.41) is 10.1. The first-order chi connectivity index (χ1) is 22.2. The summed E-state index contributed by atoms with van der Waals surface area (Å²) in [5.41, 5.74) is 1.29. The third kappa shape index (κ3) is 6.65. The van der Waals surface area contributed by atoms with Crippen LogP contribution in [0, 0.1) is 17.0 Å². The van der Waals surface area contributed by atoms with Crippen molar-refractivity contribution in [3.8, 4) is 28.3 Å². The van der Waals surface area contributed by atoms with Gasteiger partial charge in [0.1, 0.15) is 22.8 Å². The van der Waals surface area contributed by atoms with Crippen molar-refractivity contribution in [3.63, 3.8) is 0 Å². The van der Waals surface area contributed by atoms with Gasteiger partial charge in [-0.2, -0.15) is 0 Å².